The van der Waals surface area contributed by atoms with E-state index in [-0.39, 0.29) is 17.0 Å². The Morgan fingerprint density at radius 1 is 1.12 bits per heavy atom. The number of halogens is 1. The first kappa shape index (κ1) is 18.2. The standard InChI is InChI=1S/C19H25FN2O2S/c1-13(2)25(23,24)12-14-3-5-15(6-4-14)18-11-21-19(22-18)16-7-9-17(20)10-8-16/h7-10,13-15H,3-6,11-12H2,1-2H3. The number of hydrogen-bond acceptors (Lipinski definition) is 4. The van der Waals surface area contributed by atoms with Gasteiger partial charge in [0.1, 0.15) is 5.82 Å². The Labute approximate surface area is 149 Å². The highest BCUT2D eigenvalue weighted by molar-refractivity contribution is 7.91. The van der Waals surface area contributed by atoms with E-state index in [1.54, 1.807) is 26.0 Å². The minimum absolute atomic E-state index is 0.263. The molecule has 1 saturated carbocycles. The average Bonchev–Trinajstić information content (AvgIpc) is 3.06. The summed E-state index contributed by atoms with van der Waals surface area (Å²) in [5.74, 6) is 1.38. The van der Waals surface area contributed by atoms with Gasteiger partial charge in [-0.05, 0) is 75.6 Å². The van der Waals surface area contributed by atoms with Crippen LogP contribution in [0.15, 0.2) is 34.3 Å². The summed E-state index contributed by atoms with van der Waals surface area (Å²) in [7, 11) is -2.97. The van der Waals surface area contributed by atoms with E-state index in [2.05, 4.69) is 9.98 Å². The topological polar surface area (TPSA) is 58.9 Å². The zero-order chi connectivity index (χ0) is 18.0. The molecule has 1 heterocycles. The summed E-state index contributed by atoms with van der Waals surface area (Å²) < 4.78 is 37.2. The van der Waals surface area contributed by atoms with Gasteiger partial charge < -0.3 is 0 Å². The van der Waals surface area contributed by atoms with Crippen molar-refractivity contribution in [3.63, 3.8) is 0 Å². The van der Waals surface area contributed by atoms with Gasteiger partial charge in [0.15, 0.2) is 15.7 Å². The number of sulfone groups is 1. The van der Waals surface area contributed by atoms with Crippen LogP contribution in [0.2, 0.25) is 0 Å². The van der Waals surface area contributed by atoms with E-state index >= 15 is 0 Å². The summed E-state index contributed by atoms with van der Waals surface area (Å²) in [6.45, 7) is 4.11. The molecule has 0 unspecified atom stereocenters. The molecule has 0 radical (unpaired) electrons. The number of rotatable bonds is 5. The van der Waals surface area contributed by atoms with Gasteiger partial charge in [-0.2, -0.15) is 0 Å². The van der Waals surface area contributed by atoms with Gasteiger partial charge in [0.2, 0.25) is 0 Å². The fraction of sp³-hybridized carbons (Fsp3) is 0.579. The van der Waals surface area contributed by atoms with E-state index in [1.165, 1.54) is 12.1 Å². The molecule has 3 rings (SSSR count). The Morgan fingerprint density at radius 3 is 2.36 bits per heavy atom. The minimum atomic E-state index is -2.97. The third-order valence-electron chi connectivity index (χ3n) is 5.25. The molecule has 1 fully saturated rings. The smallest absolute Gasteiger partial charge is 0.154 e. The van der Waals surface area contributed by atoms with Crippen LogP contribution in [0.4, 0.5) is 4.39 Å². The molecule has 0 amide bonds. The zero-order valence-corrected chi connectivity index (χ0v) is 15.6. The third-order valence-corrected chi connectivity index (χ3v) is 7.62. The monoisotopic (exact) mass is 364 g/mol. The molecule has 1 aliphatic heterocycles. The SMILES string of the molecule is CC(C)S(=O)(=O)CC1CCC(C2=NC(c3ccc(F)cc3)=NC2)CC1. The van der Waals surface area contributed by atoms with Crippen LogP contribution in [-0.2, 0) is 9.84 Å². The molecular weight excluding hydrogens is 339 g/mol. The summed E-state index contributed by atoms with van der Waals surface area (Å²) in [6.07, 6.45) is 3.82. The van der Waals surface area contributed by atoms with E-state index in [9.17, 15) is 12.8 Å². The summed E-state index contributed by atoms with van der Waals surface area (Å²) >= 11 is 0. The van der Waals surface area contributed by atoms with Crippen LogP contribution in [0.25, 0.3) is 0 Å². The van der Waals surface area contributed by atoms with Gasteiger partial charge >= 0.3 is 0 Å². The fourth-order valence-electron chi connectivity index (χ4n) is 3.52. The molecular formula is C19H25FN2O2S. The Balaban J connectivity index is 1.57. The van der Waals surface area contributed by atoms with Crippen LogP contribution in [0.1, 0.15) is 45.1 Å². The molecule has 4 nitrogen and oxygen atoms in total. The first-order valence-corrected chi connectivity index (χ1v) is 10.7. The summed E-state index contributed by atoms with van der Waals surface area (Å²) in [5.41, 5.74) is 1.93. The highest BCUT2D eigenvalue weighted by Crippen LogP contribution is 2.32. The number of benzene rings is 1. The maximum Gasteiger partial charge on any atom is 0.154 e. The Hall–Kier alpha value is -1.56. The van der Waals surface area contributed by atoms with Crippen LogP contribution in [0, 0.1) is 17.7 Å². The highest BCUT2D eigenvalue weighted by atomic mass is 32.2. The van der Waals surface area contributed by atoms with Crippen molar-refractivity contribution < 1.29 is 12.8 Å². The van der Waals surface area contributed by atoms with Crippen LogP contribution in [0.3, 0.4) is 0 Å². The molecule has 6 heteroatoms. The van der Waals surface area contributed by atoms with Crippen molar-refractivity contribution in [3.8, 4) is 0 Å². The molecule has 0 aromatic heterocycles. The number of aliphatic imine (C=N–C) groups is 2. The number of nitrogens with zero attached hydrogens (tertiary/aromatic N) is 2. The second kappa shape index (κ2) is 7.36. The lowest BCUT2D eigenvalue weighted by Crippen LogP contribution is -2.29. The maximum atomic E-state index is 13.0. The van der Waals surface area contributed by atoms with Crippen molar-refractivity contribution in [3.05, 3.63) is 35.6 Å². The number of amidine groups is 1. The van der Waals surface area contributed by atoms with E-state index in [1.807, 2.05) is 0 Å². The lowest BCUT2D eigenvalue weighted by atomic mass is 9.80. The van der Waals surface area contributed by atoms with Gasteiger partial charge in [0.25, 0.3) is 0 Å². The van der Waals surface area contributed by atoms with Gasteiger partial charge in [-0.25, -0.2) is 17.8 Å². The number of hydrogen-bond donors (Lipinski definition) is 0. The van der Waals surface area contributed by atoms with Gasteiger partial charge in [0, 0.05) is 11.3 Å². The lowest BCUT2D eigenvalue weighted by molar-refractivity contribution is 0.343. The predicted molar refractivity (Wildman–Crippen MR) is 99.6 cm³/mol. The summed E-state index contributed by atoms with van der Waals surface area (Å²) in [4.78, 5) is 9.15. The molecule has 0 N–H and O–H groups in total. The Kier molecular flexibility index (Phi) is 5.37. The quantitative estimate of drug-likeness (QED) is 0.801. The summed E-state index contributed by atoms with van der Waals surface area (Å²) in [6, 6.07) is 6.25. The van der Waals surface area contributed by atoms with Crippen molar-refractivity contribution in [2.24, 2.45) is 21.8 Å². The average molecular weight is 364 g/mol. The molecule has 136 valence electrons. The van der Waals surface area contributed by atoms with E-state index < -0.39 is 9.84 Å². The van der Waals surface area contributed by atoms with Crippen LogP contribution in [0.5, 0.6) is 0 Å². The summed E-state index contributed by atoms with van der Waals surface area (Å²) in [5, 5.41) is -0.295. The zero-order valence-electron chi connectivity index (χ0n) is 14.8. The van der Waals surface area contributed by atoms with Crippen molar-refractivity contribution in [2.75, 3.05) is 12.3 Å². The second-order valence-electron chi connectivity index (χ2n) is 7.35. The van der Waals surface area contributed by atoms with Crippen LogP contribution in [-0.4, -0.2) is 37.5 Å². The van der Waals surface area contributed by atoms with Crippen LogP contribution >= 0.6 is 0 Å². The molecule has 0 saturated heterocycles. The Bertz CT molecular complexity index is 774. The highest BCUT2D eigenvalue weighted by Gasteiger charge is 2.30. The van der Waals surface area contributed by atoms with Crippen LogP contribution < -0.4 is 0 Å². The van der Waals surface area contributed by atoms with E-state index in [0.29, 0.717) is 24.1 Å². The molecule has 1 aromatic rings. The van der Waals surface area contributed by atoms with E-state index in [0.717, 1.165) is 37.0 Å². The van der Waals surface area contributed by atoms with E-state index in [4.69, 9.17) is 0 Å². The van der Waals surface area contributed by atoms with Gasteiger partial charge in [-0.15, -0.1) is 0 Å². The third kappa shape index (κ3) is 4.35. The normalized spacial score (nSPS) is 24.3. The molecule has 0 atom stereocenters. The fourth-order valence-corrected chi connectivity index (χ4v) is 4.90. The van der Waals surface area contributed by atoms with Crippen molar-refractivity contribution in [2.45, 2.75) is 44.8 Å². The minimum Gasteiger partial charge on any atom is -0.260 e. The lowest BCUT2D eigenvalue weighted by Gasteiger charge is -2.28. The first-order valence-electron chi connectivity index (χ1n) is 8.94. The van der Waals surface area contributed by atoms with Crippen molar-refractivity contribution in [1.29, 1.82) is 0 Å². The maximum absolute atomic E-state index is 13.0. The predicted octanol–water partition coefficient (Wildman–Crippen LogP) is 3.66. The van der Waals surface area contributed by atoms with Crippen molar-refractivity contribution >= 4 is 21.4 Å². The van der Waals surface area contributed by atoms with Gasteiger partial charge in [-0.3, -0.25) is 4.99 Å². The molecule has 2 aliphatic rings. The molecule has 25 heavy (non-hydrogen) atoms. The van der Waals surface area contributed by atoms with Gasteiger partial charge in [0.05, 0.1) is 17.5 Å². The van der Waals surface area contributed by atoms with Crippen molar-refractivity contribution in [1.82, 2.24) is 0 Å². The largest absolute Gasteiger partial charge is 0.260 e. The molecule has 1 aliphatic carbocycles. The Morgan fingerprint density at radius 2 is 1.76 bits per heavy atom. The van der Waals surface area contributed by atoms with Gasteiger partial charge in [-0.1, -0.05) is 0 Å². The first-order chi connectivity index (χ1) is 11.8. The second-order valence-corrected chi connectivity index (χ2v) is 9.95. The molecule has 0 bridgehead atoms. The molecule has 0 spiro atoms. The molecule has 1 aromatic carbocycles.